The van der Waals surface area contributed by atoms with Gasteiger partial charge in [0.2, 0.25) is 5.91 Å². The molecule has 2 aromatic rings. The van der Waals surface area contributed by atoms with Crippen molar-refractivity contribution in [2.75, 3.05) is 17.2 Å². The molecule has 0 atom stereocenters. The average Bonchev–Trinajstić information content (AvgIpc) is 2.43. The van der Waals surface area contributed by atoms with Crippen molar-refractivity contribution < 1.29 is 9.18 Å². The quantitative estimate of drug-likeness (QED) is 0.869. The fourth-order valence-corrected chi connectivity index (χ4v) is 2.20. The second-order valence-corrected chi connectivity index (χ2v) is 5.33. The maximum absolute atomic E-state index is 13.1. The summed E-state index contributed by atoms with van der Waals surface area (Å²) in [5.41, 5.74) is 1.91. The van der Waals surface area contributed by atoms with Crippen LogP contribution in [0.3, 0.4) is 0 Å². The third kappa shape index (κ3) is 4.34. The van der Waals surface area contributed by atoms with Crippen molar-refractivity contribution in [2.24, 2.45) is 0 Å². The molecule has 2 aromatic carbocycles. The van der Waals surface area contributed by atoms with E-state index in [0.717, 1.165) is 5.56 Å². The summed E-state index contributed by atoms with van der Waals surface area (Å²) in [6.07, 6.45) is 0. The Morgan fingerprint density at radius 1 is 1.14 bits per heavy atom. The van der Waals surface area contributed by atoms with Crippen LogP contribution in [-0.4, -0.2) is 12.5 Å². The Hall–Kier alpha value is -1.78. The van der Waals surface area contributed by atoms with Gasteiger partial charge in [-0.2, -0.15) is 0 Å². The van der Waals surface area contributed by atoms with Gasteiger partial charge in [-0.05, 0) is 42.8 Å². The fourth-order valence-electron chi connectivity index (χ4n) is 1.75. The molecule has 1 amide bonds. The van der Waals surface area contributed by atoms with Crippen LogP contribution in [0.1, 0.15) is 5.56 Å². The molecule has 0 aromatic heterocycles. The minimum atomic E-state index is -0.357. The van der Waals surface area contributed by atoms with Gasteiger partial charge >= 0.3 is 0 Å². The van der Waals surface area contributed by atoms with E-state index in [2.05, 4.69) is 10.6 Å². The Balaban J connectivity index is 1.97. The van der Waals surface area contributed by atoms with E-state index in [1.807, 2.05) is 6.92 Å². The molecule has 0 saturated heterocycles. The predicted octanol–water partition coefficient (Wildman–Crippen LogP) is 4.49. The Kier molecular flexibility index (Phi) is 5.04. The molecule has 0 aliphatic carbocycles. The molecule has 6 heteroatoms. The lowest BCUT2D eigenvalue weighted by Crippen LogP contribution is -2.22. The molecule has 0 saturated carbocycles. The largest absolute Gasteiger partial charge is 0.376 e. The first-order chi connectivity index (χ1) is 9.95. The minimum absolute atomic E-state index is 0.00322. The SMILES string of the molecule is Cc1ccc(F)cc1NCC(=O)Nc1ccc(Cl)cc1Cl. The molecule has 21 heavy (non-hydrogen) atoms. The molecule has 0 aliphatic rings. The van der Waals surface area contributed by atoms with Gasteiger partial charge in [-0.25, -0.2) is 4.39 Å². The van der Waals surface area contributed by atoms with Gasteiger partial charge in [-0.15, -0.1) is 0 Å². The van der Waals surface area contributed by atoms with Gasteiger partial charge in [0.25, 0.3) is 0 Å². The molecule has 0 fully saturated rings. The van der Waals surface area contributed by atoms with Crippen LogP contribution in [0.25, 0.3) is 0 Å². The van der Waals surface area contributed by atoms with Crippen LogP contribution in [0, 0.1) is 12.7 Å². The summed E-state index contributed by atoms with van der Waals surface area (Å²) in [6, 6.07) is 9.16. The summed E-state index contributed by atoms with van der Waals surface area (Å²) in [4.78, 5) is 11.9. The zero-order valence-corrected chi connectivity index (χ0v) is 12.7. The topological polar surface area (TPSA) is 41.1 Å². The summed E-state index contributed by atoms with van der Waals surface area (Å²) in [7, 11) is 0. The smallest absolute Gasteiger partial charge is 0.243 e. The van der Waals surface area contributed by atoms with Gasteiger partial charge in [-0.3, -0.25) is 4.79 Å². The van der Waals surface area contributed by atoms with Gasteiger partial charge in [-0.1, -0.05) is 29.3 Å². The van der Waals surface area contributed by atoms with Crippen molar-refractivity contribution in [2.45, 2.75) is 6.92 Å². The fraction of sp³-hybridized carbons (Fsp3) is 0.133. The zero-order chi connectivity index (χ0) is 15.4. The van der Waals surface area contributed by atoms with Gasteiger partial charge < -0.3 is 10.6 Å². The van der Waals surface area contributed by atoms with Crippen LogP contribution in [-0.2, 0) is 4.79 Å². The number of nitrogens with one attached hydrogen (secondary N) is 2. The number of benzene rings is 2. The third-order valence-corrected chi connectivity index (χ3v) is 3.39. The zero-order valence-electron chi connectivity index (χ0n) is 11.2. The molecule has 0 heterocycles. The molecule has 0 bridgehead atoms. The summed E-state index contributed by atoms with van der Waals surface area (Å²) < 4.78 is 13.1. The first-order valence-corrected chi connectivity index (χ1v) is 6.96. The predicted molar refractivity (Wildman–Crippen MR) is 84.7 cm³/mol. The lowest BCUT2D eigenvalue weighted by molar-refractivity contribution is -0.114. The van der Waals surface area contributed by atoms with Crippen molar-refractivity contribution in [1.82, 2.24) is 0 Å². The molecule has 2 rings (SSSR count). The Morgan fingerprint density at radius 3 is 2.62 bits per heavy atom. The van der Waals surface area contributed by atoms with Crippen LogP contribution in [0.4, 0.5) is 15.8 Å². The van der Waals surface area contributed by atoms with E-state index < -0.39 is 0 Å². The number of halogens is 3. The highest BCUT2D eigenvalue weighted by molar-refractivity contribution is 6.36. The summed E-state index contributed by atoms with van der Waals surface area (Å²) in [5, 5.41) is 6.39. The normalized spacial score (nSPS) is 10.3. The molecule has 2 N–H and O–H groups in total. The number of aryl methyl sites for hydroxylation is 1. The lowest BCUT2D eigenvalue weighted by atomic mass is 10.2. The first-order valence-electron chi connectivity index (χ1n) is 6.20. The van der Waals surface area contributed by atoms with Crippen LogP contribution in [0.15, 0.2) is 36.4 Å². The standard InChI is InChI=1S/C15H13Cl2FN2O/c1-9-2-4-11(18)7-14(9)19-8-15(21)20-13-5-3-10(16)6-12(13)17/h2-7,19H,8H2,1H3,(H,20,21). The third-order valence-electron chi connectivity index (χ3n) is 2.84. The Labute approximate surface area is 132 Å². The van der Waals surface area contributed by atoms with Gasteiger partial charge in [0.15, 0.2) is 0 Å². The van der Waals surface area contributed by atoms with Gasteiger partial charge in [0, 0.05) is 10.7 Å². The van der Waals surface area contributed by atoms with Crippen molar-refractivity contribution in [3.05, 3.63) is 57.8 Å². The van der Waals surface area contributed by atoms with Crippen LogP contribution in [0.5, 0.6) is 0 Å². The van der Waals surface area contributed by atoms with E-state index in [4.69, 9.17) is 23.2 Å². The number of hydrogen-bond acceptors (Lipinski definition) is 2. The molecular weight excluding hydrogens is 314 g/mol. The maximum atomic E-state index is 13.1. The highest BCUT2D eigenvalue weighted by Gasteiger charge is 2.07. The number of anilines is 2. The van der Waals surface area contributed by atoms with Crippen LogP contribution >= 0.6 is 23.2 Å². The van der Waals surface area contributed by atoms with Gasteiger partial charge in [0.05, 0.1) is 17.3 Å². The van der Waals surface area contributed by atoms with E-state index in [1.54, 1.807) is 24.3 Å². The van der Waals surface area contributed by atoms with E-state index in [0.29, 0.717) is 21.4 Å². The Bertz CT molecular complexity index is 677. The Morgan fingerprint density at radius 2 is 1.90 bits per heavy atom. The molecule has 110 valence electrons. The molecule has 0 unspecified atom stereocenters. The van der Waals surface area contributed by atoms with Crippen molar-refractivity contribution in [3.8, 4) is 0 Å². The molecule has 0 spiro atoms. The minimum Gasteiger partial charge on any atom is -0.376 e. The molecule has 0 radical (unpaired) electrons. The summed E-state index contributed by atoms with van der Waals surface area (Å²) >= 11 is 11.7. The monoisotopic (exact) mass is 326 g/mol. The van der Waals surface area contributed by atoms with Crippen LogP contribution in [0.2, 0.25) is 10.0 Å². The summed E-state index contributed by atoms with van der Waals surface area (Å²) in [5.74, 6) is -0.646. The van der Waals surface area contributed by atoms with E-state index >= 15 is 0 Å². The van der Waals surface area contributed by atoms with Crippen LogP contribution < -0.4 is 10.6 Å². The van der Waals surface area contributed by atoms with Crippen molar-refractivity contribution >= 4 is 40.5 Å². The highest BCUT2D eigenvalue weighted by atomic mass is 35.5. The number of hydrogen-bond donors (Lipinski definition) is 2. The number of rotatable bonds is 4. The molecular formula is C15H13Cl2FN2O. The van der Waals surface area contributed by atoms with E-state index in [-0.39, 0.29) is 18.3 Å². The molecule has 0 aliphatic heterocycles. The second kappa shape index (κ2) is 6.78. The lowest BCUT2D eigenvalue weighted by Gasteiger charge is -2.11. The number of amides is 1. The average molecular weight is 327 g/mol. The summed E-state index contributed by atoms with van der Waals surface area (Å²) in [6.45, 7) is 1.83. The number of carbonyl (C=O) groups excluding carboxylic acids is 1. The number of carbonyl (C=O) groups is 1. The van der Waals surface area contributed by atoms with Gasteiger partial charge in [0.1, 0.15) is 5.82 Å². The van der Waals surface area contributed by atoms with E-state index in [1.165, 1.54) is 12.1 Å². The van der Waals surface area contributed by atoms with E-state index in [9.17, 15) is 9.18 Å². The molecule has 3 nitrogen and oxygen atoms in total. The highest BCUT2D eigenvalue weighted by Crippen LogP contribution is 2.25. The first kappa shape index (κ1) is 15.6. The second-order valence-electron chi connectivity index (χ2n) is 4.49. The van der Waals surface area contributed by atoms with Crippen molar-refractivity contribution in [3.63, 3.8) is 0 Å². The maximum Gasteiger partial charge on any atom is 0.243 e. The van der Waals surface area contributed by atoms with Crippen molar-refractivity contribution in [1.29, 1.82) is 0 Å².